The van der Waals surface area contributed by atoms with Gasteiger partial charge in [0, 0.05) is 23.3 Å². The van der Waals surface area contributed by atoms with Crippen LogP contribution in [0.2, 0.25) is 0 Å². The van der Waals surface area contributed by atoms with Gasteiger partial charge in [-0.25, -0.2) is 0 Å². The highest BCUT2D eigenvalue weighted by Gasteiger charge is 2.30. The van der Waals surface area contributed by atoms with Gasteiger partial charge in [0.15, 0.2) is 0 Å². The summed E-state index contributed by atoms with van der Waals surface area (Å²) < 4.78 is 0. The molecule has 1 aromatic heterocycles. The van der Waals surface area contributed by atoms with Gasteiger partial charge in [-0.05, 0) is 47.6 Å². The fourth-order valence-corrected chi connectivity index (χ4v) is 4.21. The molecule has 0 unspecified atom stereocenters. The quantitative estimate of drug-likeness (QED) is 0.858. The molecule has 1 N–H and O–H groups in total. The number of benzene rings is 1. The molecule has 0 aliphatic heterocycles. The number of hydrogen-bond acceptors (Lipinski definition) is 2. The topological polar surface area (TPSA) is 29.1 Å². The number of amides is 1. The summed E-state index contributed by atoms with van der Waals surface area (Å²) >= 11 is 1.79. The van der Waals surface area contributed by atoms with Crippen LogP contribution in [-0.2, 0) is 11.2 Å². The van der Waals surface area contributed by atoms with E-state index in [4.69, 9.17) is 0 Å². The zero-order chi connectivity index (χ0) is 14.8. The van der Waals surface area contributed by atoms with Crippen molar-refractivity contribution >= 4 is 17.2 Å². The summed E-state index contributed by atoms with van der Waals surface area (Å²) in [6, 6.07) is 11.0. The molecule has 0 fully saturated rings. The molecule has 0 saturated heterocycles. The van der Waals surface area contributed by atoms with Crippen molar-refractivity contribution in [3.8, 4) is 0 Å². The number of hydrogen-bond donors (Lipinski definition) is 1. The Bertz CT molecular complexity index is 673. The molecule has 2 atom stereocenters. The summed E-state index contributed by atoms with van der Waals surface area (Å²) in [5, 5.41) is 5.23. The zero-order valence-electron chi connectivity index (χ0n) is 12.1. The van der Waals surface area contributed by atoms with Crippen molar-refractivity contribution in [2.75, 3.05) is 0 Å². The lowest BCUT2D eigenvalue weighted by Gasteiger charge is -2.31. The van der Waals surface area contributed by atoms with Gasteiger partial charge in [0.1, 0.15) is 0 Å². The number of nitrogens with one attached hydrogen (secondary N) is 1. The molecule has 3 heteroatoms. The first kappa shape index (κ1) is 14.1. The largest absolute Gasteiger partial charge is 0.349 e. The second-order valence-corrected chi connectivity index (χ2v) is 6.56. The molecule has 108 valence electrons. The third kappa shape index (κ3) is 2.79. The molecule has 3 rings (SSSR count). The molecule has 2 aromatic rings. The Morgan fingerprint density at radius 2 is 2.14 bits per heavy atom. The lowest BCUT2D eigenvalue weighted by atomic mass is 9.79. The van der Waals surface area contributed by atoms with Crippen molar-refractivity contribution in [1.82, 2.24) is 5.32 Å². The predicted molar refractivity (Wildman–Crippen MR) is 87.8 cm³/mol. The lowest BCUT2D eigenvalue weighted by molar-refractivity contribution is -0.117. The standard InChI is InChI=1S/C18H19NOS/c1-3-18(20)19-13-10-16(14-7-5-4-6-12(14)2)15-8-9-21-17(15)11-13/h3-9,13,16H,1,10-11H2,2H3,(H,19,20)/t13-,16+/m1/s1. The Labute approximate surface area is 129 Å². The highest BCUT2D eigenvalue weighted by atomic mass is 32.1. The zero-order valence-corrected chi connectivity index (χ0v) is 13.0. The van der Waals surface area contributed by atoms with Gasteiger partial charge < -0.3 is 5.32 Å². The number of aryl methyl sites for hydroxylation is 1. The summed E-state index contributed by atoms with van der Waals surface area (Å²) in [6.45, 7) is 5.70. The number of carbonyl (C=O) groups is 1. The van der Waals surface area contributed by atoms with Gasteiger partial charge in [-0.2, -0.15) is 0 Å². The Morgan fingerprint density at radius 1 is 1.33 bits per heavy atom. The summed E-state index contributed by atoms with van der Waals surface area (Å²) in [7, 11) is 0. The van der Waals surface area contributed by atoms with Gasteiger partial charge in [0.2, 0.25) is 5.91 Å². The average Bonchev–Trinajstić information content (AvgIpc) is 2.95. The molecule has 2 nitrogen and oxygen atoms in total. The van der Waals surface area contributed by atoms with Crippen molar-refractivity contribution in [3.05, 3.63) is 69.9 Å². The Balaban J connectivity index is 1.95. The van der Waals surface area contributed by atoms with Gasteiger partial charge in [-0.3, -0.25) is 4.79 Å². The molecular formula is C18H19NOS. The molecule has 1 aliphatic carbocycles. The number of fused-ring (bicyclic) bond motifs is 1. The number of rotatable bonds is 3. The Hall–Kier alpha value is -1.87. The lowest BCUT2D eigenvalue weighted by Crippen LogP contribution is -2.39. The van der Waals surface area contributed by atoms with Crippen molar-refractivity contribution in [3.63, 3.8) is 0 Å². The van der Waals surface area contributed by atoms with Gasteiger partial charge in [-0.1, -0.05) is 30.8 Å². The predicted octanol–water partition coefficient (Wildman–Crippen LogP) is 3.81. The van der Waals surface area contributed by atoms with E-state index in [9.17, 15) is 4.79 Å². The van der Waals surface area contributed by atoms with Crippen LogP contribution in [0, 0.1) is 6.92 Å². The van der Waals surface area contributed by atoms with Gasteiger partial charge in [0.05, 0.1) is 0 Å². The van der Waals surface area contributed by atoms with Crippen LogP contribution in [0.1, 0.15) is 33.9 Å². The number of thiophene rings is 1. The normalized spacial score (nSPS) is 20.6. The van der Waals surface area contributed by atoms with E-state index in [0.717, 1.165) is 12.8 Å². The van der Waals surface area contributed by atoms with E-state index in [-0.39, 0.29) is 11.9 Å². The summed E-state index contributed by atoms with van der Waals surface area (Å²) in [5.41, 5.74) is 4.11. The van der Waals surface area contributed by atoms with Gasteiger partial charge in [0.25, 0.3) is 0 Å². The number of carbonyl (C=O) groups excluding carboxylic acids is 1. The molecule has 0 saturated carbocycles. The molecule has 1 amide bonds. The Morgan fingerprint density at radius 3 is 2.90 bits per heavy atom. The van der Waals surface area contributed by atoms with Crippen molar-refractivity contribution in [1.29, 1.82) is 0 Å². The molecule has 1 heterocycles. The SMILES string of the molecule is C=CC(=O)N[C@H]1Cc2sccc2[C@H](c2ccccc2C)C1. The van der Waals surface area contributed by atoms with Crippen LogP contribution in [0.15, 0.2) is 48.4 Å². The molecule has 1 aliphatic rings. The molecule has 0 bridgehead atoms. The average molecular weight is 297 g/mol. The minimum Gasteiger partial charge on any atom is -0.349 e. The highest BCUT2D eigenvalue weighted by Crippen LogP contribution is 2.40. The first-order valence-corrected chi connectivity index (χ1v) is 8.11. The van der Waals surface area contributed by atoms with E-state index in [2.05, 4.69) is 54.5 Å². The minimum absolute atomic E-state index is 0.0801. The maximum atomic E-state index is 11.6. The van der Waals surface area contributed by atoms with Gasteiger partial charge in [-0.15, -0.1) is 11.3 Å². The fourth-order valence-electron chi connectivity index (χ4n) is 3.19. The summed E-state index contributed by atoms with van der Waals surface area (Å²) in [6.07, 6.45) is 3.23. The monoisotopic (exact) mass is 297 g/mol. The maximum Gasteiger partial charge on any atom is 0.243 e. The molecule has 1 aromatic carbocycles. The van der Waals surface area contributed by atoms with Crippen molar-refractivity contribution < 1.29 is 4.79 Å². The van der Waals surface area contributed by atoms with Crippen LogP contribution in [0.5, 0.6) is 0 Å². The molecule has 21 heavy (non-hydrogen) atoms. The van der Waals surface area contributed by atoms with Crippen LogP contribution < -0.4 is 5.32 Å². The fraction of sp³-hybridized carbons (Fsp3) is 0.278. The van der Waals surface area contributed by atoms with E-state index < -0.39 is 0 Å². The highest BCUT2D eigenvalue weighted by molar-refractivity contribution is 7.10. The van der Waals surface area contributed by atoms with E-state index >= 15 is 0 Å². The van der Waals surface area contributed by atoms with Crippen LogP contribution in [-0.4, -0.2) is 11.9 Å². The van der Waals surface area contributed by atoms with Crippen LogP contribution in [0.25, 0.3) is 0 Å². The minimum atomic E-state index is -0.0801. The second-order valence-electron chi connectivity index (χ2n) is 5.56. The van der Waals surface area contributed by atoms with Crippen LogP contribution >= 0.6 is 11.3 Å². The van der Waals surface area contributed by atoms with Crippen molar-refractivity contribution in [2.24, 2.45) is 0 Å². The van der Waals surface area contributed by atoms with Gasteiger partial charge >= 0.3 is 0 Å². The third-order valence-corrected chi connectivity index (χ3v) is 5.16. The van der Waals surface area contributed by atoms with E-state index in [0.29, 0.717) is 5.92 Å². The van der Waals surface area contributed by atoms with E-state index in [1.807, 2.05) is 0 Å². The first-order chi connectivity index (χ1) is 10.2. The maximum absolute atomic E-state index is 11.6. The molecule has 0 spiro atoms. The Kier molecular flexibility index (Phi) is 3.93. The van der Waals surface area contributed by atoms with Crippen LogP contribution in [0.3, 0.4) is 0 Å². The summed E-state index contributed by atoms with van der Waals surface area (Å²) in [4.78, 5) is 13.0. The first-order valence-electron chi connectivity index (χ1n) is 7.23. The summed E-state index contributed by atoms with van der Waals surface area (Å²) in [5.74, 6) is 0.292. The van der Waals surface area contributed by atoms with Crippen LogP contribution in [0.4, 0.5) is 0 Å². The molecular weight excluding hydrogens is 278 g/mol. The van der Waals surface area contributed by atoms with E-state index in [1.165, 1.54) is 27.6 Å². The smallest absolute Gasteiger partial charge is 0.243 e. The third-order valence-electron chi connectivity index (χ3n) is 4.20. The van der Waals surface area contributed by atoms with E-state index in [1.54, 1.807) is 11.3 Å². The van der Waals surface area contributed by atoms with Crippen molar-refractivity contribution in [2.45, 2.75) is 31.7 Å². The molecule has 0 radical (unpaired) electrons. The second kappa shape index (κ2) is 5.86.